The number of hydrogen-bond acceptors (Lipinski definition) is 2. The summed E-state index contributed by atoms with van der Waals surface area (Å²) >= 11 is 0. The maximum Gasteiger partial charge on any atom is 0.194 e. The predicted octanol–water partition coefficient (Wildman–Crippen LogP) is 1.91. The van der Waals surface area contributed by atoms with Gasteiger partial charge in [-0.05, 0) is 24.1 Å². The number of halogens is 4. The second-order valence-electron chi connectivity index (χ2n) is 2.92. The summed E-state index contributed by atoms with van der Waals surface area (Å²) in [5, 5.41) is 8.55. The fourth-order valence-electron chi connectivity index (χ4n) is 1.09. The number of hydrogen-bond donors (Lipinski definition) is 2. The summed E-state index contributed by atoms with van der Waals surface area (Å²) in [6.07, 6.45) is 0.171. The highest BCUT2D eigenvalue weighted by Crippen LogP contribution is 2.19. The van der Waals surface area contributed by atoms with Crippen LogP contribution in [0.5, 0.6) is 0 Å². The van der Waals surface area contributed by atoms with Gasteiger partial charge in [-0.2, -0.15) is 0 Å². The molecule has 0 fully saturated rings. The van der Waals surface area contributed by atoms with E-state index in [2.05, 4.69) is 0 Å². The molecule has 1 unspecified atom stereocenters. The molecule has 0 saturated carbocycles. The predicted molar refractivity (Wildman–Crippen MR) is 52.2 cm³/mol. The Labute approximate surface area is 91.3 Å². The zero-order chi connectivity index (χ0) is 10.7. The Balaban J connectivity index is 0.00000196. The number of nitrogens with two attached hydrogens (primary N) is 1. The Kier molecular flexibility index (Phi) is 5.64. The third kappa shape index (κ3) is 3.37. The normalized spacial score (nSPS) is 12.1. The molecule has 0 aliphatic rings. The van der Waals surface area contributed by atoms with E-state index in [4.69, 9.17) is 10.8 Å². The van der Waals surface area contributed by atoms with Crippen LogP contribution in [0.1, 0.15) is 18.0 Å². The van der Waals surface area contributed by atoms with E-state index in [0.29, 0.717) is 0 Å². The molecule has 1 aromatic rings. The molecule has 3 N–H and O–H groups in total. The molecule has 1 atom stereocenters. The van der Waals surface area contributed by atoms with Crippen molar-refractivity contribution >= 4 is 12.4 Å². The third-order valence-corrected chi connectivity index (χ3v) is 1.87. The van der Waals surface area contributed by atoms with E-state index < -0.39 is 23.5 Å². The average molecular weight is 242 g/mol. The molecule has 15 heavy (non-hydrogen) atoms. The maximum absolute atomic E-state index is 12.7. The van der Waals surface area contributed by atoms with Gasteiger partial charge in [0.2, 0.25) is 0 Å². The van der Waals surface area contributed by atoms with Crippen molar-refractivity contribution in [1.29, 1.82) is 0 Å². The van der Waals surface area contributed by atoms with Crippen molar-refractivity contribution in [3.8, 4) is 0 Å². The van der Waals surface area contributed by atoms with Gasteiger partial charge in [-0.3, -0.25) is 0 Å². The molecule has 0 radical (unpaired) electrons. The van der Waals surface area contributed by atoms with Crippen LogP contribution in [0.2, 0.25) is 0 Å². The van der Waals surface area contributed by atoms with Crippen molar-refractivity contribution in [2.45, 2.75) is 12.5 Å². The molecule has 2 nitrogen and oxygen atoms in total. The second-order valence-corrected chi connectivity index (χ2v) is 2.92. The summed E-state index contributed by atoms with van der Waals surface area (Å²) in [6.45, 7) is -0.193. The van der Waals surface area contributed by atoms with Crippen molar-refractivity contribution in [2.24, 2.45) is 5.73 Å². The molecular weight excluding hydrogens is 231 g/mol. The van der Waals surface area contributed by atoms with Crippen molar-refractivity contribution < 1.29 is 18.3 Å². The topological polar surface area (TPSA) is 46.2 Å². The van der Waals surface area contributed by atoms with Crippen molar-refractivity contribution in [1.82, 2.24) is 0 Å². The highest BCUT2D eigenvalue weighted by atomic mass is 35.5. The molecule has 6 heteroatoms. The smallest absolute Gasteiger partial charge is 0.194 e. The average Bonchev–Trinajstić information content (AvgIpc) is 2.13. The number of benzene rings is 1. The van der Waals surface area contributed by atoms with Gasteiger partial charge in [-0.15, -0.1) is 12.4 Å². The van der Waals surface area contributed by atoms with Gasteiger partial charge in [0.25, 0.3) is 0 Å². The Morgan fingerprint density at radius 3 is 2.07 bits per heavy atom. The van der Waals surface area contributed by atoms with E-state index in [0.717, 1.165) is 12.1 Å². The van der Waals surface area contributed by atoms with Crippen LogP contribution in [-0.2, 0) is 0 Å². The first-order valence-corrected chi connectivity index (χ1v) is 4.07. The quantitative estimate of drug-likeness (QED) is 0.794. The van der Waals surface area contributed by atoms with Crippen molar-refractivity contribution in [3.63, 3.8) is 0 Å². The van der Waals surface area contributed by atoms with E-state index >= 15 is 0 Å². The highest BCUT2D eigenvalue weighted by Gasteiger charge is 2.14. The summed E-state index contributed by atoms with van der Waals surface area (Å²) < 4.78 is 37.9. The minimum Gasteiger partial charge on any atom is -0.396 e. The van der Waals surface area contributed by atoms with Crippen LogP contribution < -0.4 is 5.73 Å². The van der Waals surface area contributed by atoms with Crippen LogP contribution in [0.15, 0.2) is 12.1 Å². The number of rotatable bonds is 3. The van der Waals surface area contributed by atoms with E-state index in [1.165, 1.54) is 0 Å². The lowest BCUT2D eigenvalue weighted by atomic mass is 10.0. The minimum atomic E-state index is -1.51. The second kappa shape index (κ2) is 5.95. The Morgan fingerprint density at radius 1 is 1.20 bits per heavy atom. The summed E-state index contributed by atoms with van der Waals surface area (Å²) in [6, 6.07) is 0.974. The van der Waals surface area contributed by atoms with Crippen LogP contribution in [-0.4, -0.2) is 11.7 Å². The lowest BCUT2D eigenvalue weighted by Crippen LogP contribution is -2.13. The van der Waals surface area contributed by atoms with Crippen molar-refractivity contribution in [3.05, 3.63) is 35.1 Å². The largest absolute Gasteiger partial charge is 0.396 e. The van der Waals surface area contributed by atoms with Crippen molar-refractivity contribution in [2.75, 3.05) is 6.61 Å². The molecule has 0 heterocycles. The van der Waals surface area contributed by atoms with E-state index in [9.17, 15) is 13.2 Å². The third-order valence-electron chi connectivity index (χ3n) is 1.87. The van der Waals surface area contributed by atoms with Gasteiger partial charge in [0.1, 0.15) is 0 Å². The van der Waals surface area contributed by atoms with Crippen LogP contribution in [0.3, 0.4) is 0 Å². The number of aliphatic hydroxyl groups is 1. The summed E-state index contributed by atoms with van der Waals surface area (Å²) in [7, 11) is 0. The van der Waals surface area contributed by atoms with Gasteiger partial charge in [0.05, 0.1) is 0 Å². The van der Waals surface area contributed by atoms with Crippen LogP contribution in [0, 0.1) is 17.5 Å². The molecule has 0 aliphatic heterocycles. The van der Waals surface area contributed by atoms with E-state index in [1.807, 2.05) is 0 Å². The molecule has 0 amide bonds. The highest BCUT2D eigenvalue weighted by molar-refractivity contribution is 5.85. The lowest BCUT2D eigenvalue weighted by Gasteiger charge is -2.10. The van der Waals surface area contributed by atoms with Crippen LogP contribution in [0.25, 0.3) is 0 Å². The first-order valence-electron chi connectivity index (χ1n) is 4.07. The van der Waals surface area contributed by atoms with E-state index in [1.54, 1.807) is 0 Å². The molecule has 0 spiro atoms. The molecule has 0 bridgehead atoms. The zero-order valence-electron chi connectivity index (χ0n) is 7.71. The molecule has 0 aliphatic carbocycles. The van der Waals surface area contributed by atoms with Gasteiger partial charge in [0, 0.05) is 12.6 Å². The zero-order valence-corrected chi connectivity index (χ0v) is 8.53. The molecule has 1 rings (SSSR count). The molecule has 1 aromatic carbocycles. The fourth-order valence-corrected chi connectivity index (χ4v) is 1.09. The number of aliphatic hydroxyl groups excluding tert-OH is 1. The molecule has 0 saturated heterocycles. The monoisotopic (exact) mass is 241 g/mol. The first kappa shape index (κ1) is 14.2. The van der Waals surface area contributed by atoms with Gasteiger partial charge >= 0.3 is 0 Å². The van der Waals surface area contributed by atoms with Gasteiger partial charge in [-0.25, -0.2) is 13.2 Å². The first-order chi connectivity index (χ1) is 6.56. The van der Waals surface area contributed by atoms with E-state index in [-0.39, 0.29) is 31.0 Å². The summed E-state index contributed by atoms with van der Waals surface area (Å²) in [5.74, 6) is -4.05. The van der Waals surface area contributed by atoms with Gasteiger partial charge in [-0.1, -0.05) is 0 Å². The van der Waals surface area contributed by atoms with Crippen LogP contribution >= 0.6 is 12.4 Å². The Morgan fingerprint density at radius 2 is 1.67 bits per heavy atom. The lowest BCUT2D eigenvalue weighted by molar-refractivity contribution is 0.276. The summed E-state index contributed by atoms with van der Waals surface area (Å²) in [5.41, 5.74) is 5.61. The molecular formula is C9H11ClF3NO. The van der Waals surface area contributed by atoms with Crippen LogP contribution in [0.4, 0.5) is 13.2 Å². The standard InChI is InChI=1S/C9H10F3NO.ClH/c10-6-3-5(8(13)1-2-14)4-7(11)9(6)12;/h3-4,8,14H,1-2,13H2;1H. The van der Waals surface area contributed by atoms with Gasteiger partial charge < -0.3 is 10.8 Å². The Hall–Kier alpha value is -0.780. The van der Waals surface area contributed by atoms with Gasteiger partial charge in [0.15, 0.2) is 17.5 Å². The molecule has 86 valence electrons. The fraction of sp³-hybridized carbons (Fsp3) is 0.333. The Bertz CT molecular complexity index is 312. The minimum absolute atomic E-state index is 0. The maximum atomic E-state index is 12.7. The summed E-state index contributed by atoms with van der Waals surface area (Å²) in [4.78, 5) is 0. The SMILES string of the molecule is Cl.NC(CCO)c1cc(F)c(F)c(F)c1. The molecule has 0 aromatic heterocycles.